The summed E-state index contributed by atoms with van der Waals surface area (Å²) in [6.07, 6.45) is 11.0. The second-order valence-corrected chi connectivity index (χ2v) is 6.49. The van der Waals surface area contributed by atoms with Crippen LogP contribution in [-0.4, -0.2) is 29.0 Å². The normalized spacial score (nSPS) is 11.0. The SMILES string of the molecule is CCCCCCCCSc1ccccc1/C=C/C(=O)N(C)O. The summed E-state index contributed by atoms with van der Waals surface area (Å²) < 4.78 is 0. The Balaban J connectivity index is 2.42. The van der Waals surface area contributed by atoms with Crippen molar-refractivity contribution in [2.45, 2.75) is 50.3 Å². The maximum Gasteiger partial charge on any atom is 0.269 e. The van der Waals surface area contributed by atoms with Crippen LogP contribution in [0.4, 0.5) is 0 Å². The second kappa shape index (κ2) is 11.3. The van der Waals surface area contributed by atoms with Crippen molar-refractivity contribution < 1.29 is 10.0 Å². The fourth-order valence-corrected chi connectivity index (χ4v) is 3.13. The number of rotatable bonds is 10. The van der Waals surface area contributed by atoms with E-state index in [2.05, 4.69) is 13.0 Å². The van der Waals surface area contributed by atoms with Crippen LogP contribution in [0.5, 0.6) is 0 Å². The minimum Gasteiger partial charge on any atom is -0.286 e. The molecule has 4 heteroatoms. The number of thioether (sulfide) groups is 1. The molecule has 122 valence electrons. The zero-order chi connectivity index (χ0) is 16.2. The highest BCUT2D eigenvalue weighted by atomic mass is 32.2. The van der Waals surface area contributed by atoms with E-state index >= 15 is 0 Å². The van der Waals surface area contributed by atoms with Gasteiger partial charge in [-0.2, -0.15) is 0 Å². The predicted molar refractivity (Wildman–Crippen MR) is 94.1 cm³/mol. The van der Waals surface area contributed by atoms with E-state index in [0.717, 1.165) is 11.3 Å². The molecule has 22 heavy (non-hydrogen) atoms. The first-order chi connectivity index (χ1) is 10.6. The highest BCUT2D eigenvalue weighted by Gasteiger charge is 2.02. The predicted octanol–water partition coefficient (Wildman–Crippen LogP) is 5.00. The zero-order valence-electron chi connectivity index (χ0n) is 13.6. The first-order valence-corrected chi connectivity index (χ1v) is 9.00. The molecule has 1 rings (SSSR count). The van der Waals surface area contributed by atoms with E-state index in [1.807, 2.05) is 30.0 Å². The van der Waals surface area contributed by atoms with E-state index < -0.39 is 5.91 Å². The van der Waals surface area contributed by atoms with Crippen LogP contribution in [0.1, 0.15) is 51.0 Å². The highest BCUT2D eigenvalue weighted by Crippen LogP contribution is 2.25. The van der Waals surface area contributed by atoms with Crippen LogP contribution in [0, 0.1) is 0 Å². The van der Waals surface area contributed by atoms with Gasteiger partial charge in [-0.05, 0) is 29.9 Å². The third-order valence-electron chi connectivity index (χ3n) is 3.40. The number of nitrogens with zero attached hydrogens (tertiary/aromatic N) is 1. The molecule has 1 N–H and O–H groups in total. The van der Waals surface area contributed by atoms with Crippen molar-refractivity contribution in [2.75, 3.05) is 12.8 Å². The van der Waals surface area contributed by atoms with Crippen LogP contribution in [0.3, 0.4) is 0 Å². The van der Waals surface area contributed by atoms with Crippen molar-refractivity contribution in [3.05, 3.63) is 35.9 Å². The Morgan fingerprint density at radius 3 is 2.59 bits per heavy atom. The van der Waals surface area contributed by atoms with Crippen LogP contribution in [0.2, 0.25) is 0 Å². The standard InChI is InChI=1S/C18H27NO2S/c1-3-4-5-6-7-10-15-22-17-12-9-8-11-16(17)13-14-18(20)19(2)21/h8-9,11-14,21H,3-7,10,15H2,1-2H3/b14-13+. The van der Waals surface area contributed by atoms with Crippen LogP contribution >= 0.6 is 11.8 Å². The maximum atomic E-state index is 11.4. The van der Waals surface area contributed by atoms with Gasteiger partial charge >= 0.3 is 0 Å². The Morgan fingerprint density at radius 2 is 1.86 bits per heavy atom. The average molecular weight is 321 g/mol. The molecule has 0 saturated carbocycles. The van der Waals surface area contributed by atoms with Crippen LogP contribution in [0.15, 0.2) is 35.2 Å². The number of hydrogen-bond donors (Lipinski definition) is 1. The van der Waals surface area contributed by atoms with E-state index in [0.29, 0.717) is 5.06 Å². The lowest BCUT2D eigenvalue weighted by molar-refractivity contribution is -0.153. The van der Waals surface area contributed by atoms with Crippen molar-refractivity contribution in [3.8, 4) is 0 Å². The molecule has 0 atom stereocenters. The molecule has 1 amide bonds. The quantitative estimate of drug-likeness (QED) is 0.217. The number of hydrogen-bond acceptors (Lipinski definition) is 3. The molecule has 0 spiro atoms. The van der Waals surface area contributed by atoms with Crippen molar-refractivity contribution >= 4 is 23.7 Å². The third kappa shape index (κ3) is 7.66. The van der Waals surface area contributed by atoms with Crippen molar-refractivity contribution in [2.24, 2.45) is 0 Å². The summed E-state index contributed by atoms with van der Waals surface area (Å²) in [5.41, 5.74) is 1.02. The fourth-order valence-electron chi connectivity index (χ4n) is 2.08. The molecule has 0 aliphatic carbocycles. The molecule has 0 aliphatic rings. The number of amides is 1. The van der Waals surface area contributed by atoms with Gasteiger partial charge in [0.2, 0.25) is 0 Å². The summed E-state index contributed by atoms with van der Waals surface area (Å²) in [4.78, 5) is 12.6. The number of unbranched alkanes of at least 4 members (excludes halogenated alkanes) is 5. The lowest BCUT2D eigenvalue weighted by atomic mass is 10.1. The summed E-state index contributed by atoms with van der Waals surface area (Å²) in [6.45, 7) is 2.24. The smallest absolute Gasteiger partial charge is 0.269 e. The monoisotopic (exact) mass is 321 g/mol. The molecule has 0 aromatic heterocycles. The first-order valence-electron chi connectivity index (χ1n) is 8.01. The largest absolute Gasteiger partial charge is 0.286 e. The molecule has 0 heterocycles. The summed E-state index contributed by atoms with van der Waals surface area (Å²) in [5, 5.41) is 9.64. The second-order valence-electron chi connectivity index (χ2n) is 5.35. The Hall–Kier alpha value is -1.26. The van der Waals surface area contributed by atoms with Gasteiger partial charge in [0.15, 0.2) is 0 Å². The van der Waals surface area contributed by atoms with Gasteiger partial charge in [0.25, 0.3) is 5.91 Å². The van der Waals surface area contributed by atoms with Gasteiger partial charge < -0.3 is 0 Å². The number of likely N-dealkylation sites (N-methyl/N-ethyl adjacent to an activating group) is 1. The number of benzene rings is 1. The van der Waals surface area contributed by atoms with Gasteiger partial charge in [-0.25, -0.2) is 5.06 Å². The molecule has 3 nitrogen and oxygen atoms in total. The summed E-state index contributed by atoms with van der Waals surface area (Å²) in [6, 6.07) is 8.04. The Labute approximate surface area is 138 Å². The van der Waals surface area contributed by atoms with E-state index in [-0.39, 0.29) is 0 Å². The van der Waals surface area contributed by atoms with E-state index in [4.69, 9.17) is 5.21 Å². The lowest BCUT2D eigenvalue weighted by Gasteiger charge is -2.07. The van der Waals surface area contributed by atoms with E-state index in [1.54, 1.807) is 6.08 Å². The van der Waals surface area contributed by atoms with E-state index in [9.17, 15) is 4.79 Å². The summed E-state index contributed by atoms with van der Waals surface area (Å²) in [7, 11) is 1.33. The first kappa shape index (κ1) is 18.8. The molecule has 0 saturated heterocycles. The molecule has 0 fully saturated rings. The molecular formula is C18H27NO2S. The van der Waals surface area contributed by atoms with Gasteiger partial charge in [-0.1, -0.05) is 57.2 Å². The topological polar surface area (TPSA) is 40.5 Å². The van der Waals surface area contributed by atoms with Gasteiger partial charge in [-0.15, -0.1) is 11.8 Å². The van der Waals surface area contributed by atoms with Gasteiger partial charge in [-0.3, -0.25) is 10.0 Å². The van der Waals surface area contributed by atoms with Crippen molar-refractivity contribution in [1.29, 1.82) is 0 Å². The number of carbonyl (C=O) groups excluding carboxylic acids is 1. The molecule has 0 unspecified atom stereocenters. The van der Waals surface area contributed by atoms with Gasteiger partial charge in [0.05, 0.1) is 0 Å². The highest BCUT2D eigenvalue weighted by molar-refractivity contribution is 7.99. The molecule has 0 bridgehead atoms. The molecule has 0 aliphatic heterocycles. The molecule has 0 radical (unpaired) electrons. The van der Waals surface area contributed by atoms with Crippen LogP contribution in [-0.2, 0) is 4.79 Å². The maximum absolute atomic E-state index is 11.4. The Morgan fingerprint density at radius 1 is 1.18 bits per heavy atom. The van der Waals surface area contributed by atoms with Crippen LogP contribution < -0.4 is 0 Å². The summed E-state index contributed by atoms with van der Waals surface area (Å²) in [5.74, 6) is 0.681. The van der Waals surface area contributed by atoms with Crippen molar-refractivity contribution in [1.82, 2.24) is 5.06 Å². The number of hydroxylamine groups is 2. The minimum absolute atomic E-state index is 0.421. The fraction of sp³-hybridized carbons (Fsp3) is 0.500. The Bertz CT molecular complexity index is 472. The Kier molecular flexibility index (Phi) is 9.67. The molecule has 1 aromatic rings. The van der Waals surface area contributed by atoms with Crippen LogP contribution in [0.25, 0.3) is 6.08 Å². The van der Waals surface area contributed by atoms with Gasteiger partial charge in [0, 0.05) is 18.0 Å². The van der Waals surface area contributed by atoms with E-state index in [1.165, 1.54) is 56.5 Å². The number of carbonyl (C=O) groups is 1. The lowest BCUT2D eigenvalue weighted by Crippen LogP contribution is -2.19. The molecular weight excluding hydrogens is 294 g/mol. The summed E-state index contributed by atoms with van der Waals surface area (Å²) >= 11 is 1.83. The van der Waals surface area contributed by atoms with Gasteiger partial charge in [0.1, 0.15) is 0 Å². The average Bonchev–Trinajstić information content (AvgIpc) is 2.52. The third-order valence-corrected chi connectivity index (χ3v) is 4.57. The zero-order valence-corrected chi connectivity index (χ0v) is 14.4. The minimum atomic E-state index is -0.421. The molecule has 1 aromatic carbocycles. The van der Waals surface area contributed by atoms with Crippen molar-refractivity contribution in [3.63, 3.8) is 0 Å².